The van der Waals surface area contributed by atoms with Crippen LogP contribution in [0.5, 0.6) is 0 Å². The van der Waals surface area contributed by atoms with Crippen molar-refractivity contribution in [1.29, 1.82) is 0 Å². The average molecular weight is 312 g/mol. The van der Waals surface area contributed by atoms with Crippen molar-refractivity contribution in [2.75, 3.05) is 19.6 Å². The van der Waals surface area contributed by atoms with Crippen LogP contribution in [0.25, 0.3) is 0 Å². The highest BCUT2D eigenvalue weighted by Crippen LogP contribution is 2.23. The van der Waals surface area contributed by atoms with Gasteiger partial charge in [0.25, 0.3) is 0 Å². The van der Waals surface area contributed by atoms with E-state index in [2.05, 4.69) is 5.32 Å². The van der Waals surface area contributed by atoms with Crippen molar-refractivity contribution in [2.45, 2.75) is 43.7 Å². The number of sulfonamides is 1. The quantitative estimate of drug-likeness (QED) is 0.864. The van der Waals surface area contributed by atoms with E-state index in [-0.39, 0.29) is 12.1 Å². The first-order chi connectivity index (χ1) is 9.95. The summed E-state index contributed by atoms with van der Waals surface area (Å²) in [4.78, 5) is 0.334. The summed E-state index contributed by atoms with van der Waals surface area (Å²) in [6, 6.07) is 7.23. The van der Waals surface area contributed by atoms with Crippen LogP contribution in [0.2, 0.25) is 0 Å². The zero-order valence-electron chi connectivity index (χ0n) is 12.6. The van der Waals surface area contributed by atoms with Gasteiger partial charge < -0.3 is 10.4 Å². The monoisotopic (exact) mass is 312 g/mol. The van der Waals surface area contributed by atoms with Crippen LogP contribution in [0.4, 0.5) is 0 Å². The minimum absolute atomic E-state index is 0.119. The smallest absolute Gasteiger partial charge is 0.243 e. The first-order valence-corrected chi connectivity index (χ1v) is 8.90. The molecule has 1 heterocycles. The number of benzene rings is 1. The Morgan fingerprint density at radius 3 is 2.67 bits per heavy atom. The molecule has 0 aliphatic carbocycles. The maximum absolute atomic E-state index is 12.7. The summed E-state index contributed by atoms with van der Waals surface area (Å²) in [7, 11) is -3.46. The van der Waals surface area contributed by atoms with Crippen molar-refractivity contribution in [3.05, 3.63) is 29.8 Å². The first-order valence-electron chi connectivity index (χ1n) is 7.46. The van der Waals surface area contributed by atoms with E-state index in [0.29, 0.717) is 30.8 Å². The Morgan fingerprint density at radius 2 is 2.05 bits per heavy atom. The van der Waals surface area contributed by atoms with Gasteiger partial charge in [-0.3, -0.25) is 0 Å². The summed E-state index contributed by atoms with van der Waals surface area (Å²) in [5, 5.41) is 12.8. The van der Waals surface area contributed by atoms with E-state index in [1.54, 1.807) is 18.2 Å². The summed E-state index contributed by atoms with van der Waals surface area (Å²) in [5.41, 5.74) is 0.968. The summed E-state index contributed by atoms with van der Waals surface area (Å²) >= 11 is 0. The Morgan fingerprint density at radius 1 is 1.38 bits per heavy atom. The molecular weight excluding hydrogens is 288 g/mol. The van der Waals surface area contributed by atoms with Gasteiger partial charge >= 0.3 is 0 Å². The molecule has 1 aromatic carbocycles. The second-order valence-corrected chi connectivity index (χ2v) is 7.43. The molecule has 1 aliphatic rings. The van der Waals surface area contributed by atoms with Crippen LogP contribution >= 0.6 is 0 Å². The standard InChI is InChI=1S/C15H24N2O3S/c1-3-16-12(2)13-5-4-6-15(11-13)21(19,20)17-9-7-14(18)8-10-17/h4-6,11-12,14,16,18H,3,7-10H2,1-2H3. The summed E-state index contributed by atoms with van der Waals surface area (Å²) in [5.74, 6) is 0. The van der Waals surface area contributed by atoms with Crippen LogP contribution in [-0.4, -0.2) is 43.6 Å². The third-order valence-electron chi connectivity index (χ3n) is 3.93. The Hall–Kier alpha value is -0.950. The number of hydrogen-bond acceptors (Lipinski definition) is 4. The van der Waals surface area contributed by atoms with Crippen molar-refractivity contribution in [1.82, 2.24) is 9.62 Å². The Labute approximate surface area is 127 Å². The van der Waals surface area contributed by atoms with Crippen molar-refractivity contribution in [3.63, 3.8) is 0 Å². The number of aliphatic hydroxyl groups is 1. The molecular formula is C15H24N2O3S. The van der Waals surface area contributed by atoms with E-state index >= 15 is 0 Å². The van der Waals surface area contributed by atoms with Crippen LogP contribution < -0.4 is 5.32 Å². The topological polar surface area (TPSA) is 69.6 Å². The SMILES string of the molecule is CCNC(C)c1cccc(S(=O)(=O)N2CCC(O)CC2)c1. The molecule has 1 atom stereocenters. The zero-order chi connectivity index (χ0) is 15.5. The number of nitrogens with one attached hydrogen (secondary N) is 1. The highest BCUT2D eigenvalue weighted by Gasteiger charge is 2.28. The molecule has 6 heteroatoms. The van der Waals surface area contributed by atoms with Crippen LogP contribution in [0.3, 0.4) is 0 Å². The van der Waals surface area contributed by atoms with Gasteiger partial charge in [-0.15, -0.1) is 0 Å². The van der Waals surface area contributed by atoms with E-state index in [0.717, 1.165) is 12.1 Å². The molecule has 1 unspecified atom stereocenters. The highest BCUT2D eigenvalue weighted by molar-refractivity contribution is 7.89. The van der Waals surface area contributed by atoms with E-state index < -0.39 is 10.0 Å². The Kier molecular flexibility index (Phi) is 5.37. The third kappa shape index (κ3) is 3.83. The second kappa shape index (κ2) is 6.87. The van der Waals surface area contributed by atoms with Crippen LogP contribution in [0, 0.1) is 0 Å². The molecule has 1 fully saturated rings. The van der Waals surface area contributed by atoms with E-state index in [9.17, 15) is 13.5 Å². The third-order valence-corrected chi connectivity index (χ3v) is 5.82. The van der Waals surface area contributed by atoms with Crippen LogP contribution in [0.1, 0.15) is 38.3 Å². The molecule has 5 nitrogen and oxygen atoms in total. The van der Waals surface area contributed by atoms with Gasteiger partial charge in [0.15, 0.2) is 0 Å². The lowest BCUT2D eigenvalue weighted by Gasteiger charge is -2.29. The van der Waals surface area contributed by atoms with Gasteiger partial charge in [0.05, 0.1) is 11.0 Å². The molecule has 0 aromatic heterocycles. The molecule has 0 radical (unpaired) electrons. The van der Waals surface area contributed by atoms with Gasteiger partial charge in [0.2, 0.25) is 10.0 Å². The lowest BCUT2D eigenvalue weighted by molar-refractivity contribution is 0.113. The molecule has 2 N–H and O–H groups in total. The summed E-state index contributed by atoms with van der Waals surface area (Å²) in [6.45, 7) is 5.65. The Balaban J connectivity index is 2.22. The number of aliphatic hydroxyl groups excluding tert-OH is 1. The number of piperidine rings is 1. The van der Waals surface area contributed by atoms with Crippen LogP contribution in [0.15, 0.2) is 29.2 Å². The largest absolute Gasteiger partial charge is 0.393 e. The minimum atomic E-state index is -3.46. The molecule has 1 saturated heterocycles. The van der Waals surface area contributed by atoms with Gasteiger partial charge in [0, 0.05) is 19.1 Å². The fourth-order valence-electron chi connectivity index (χ4n) is 2.60. The fraction of sp³-hybridized carbons (Fsp3) is 0.600. The lowest BCUT2D eigenvalue weighted by Crippen LogP contribution is -2.40. The molecule has 21 heavy (non-hydrogen) atoms. The fourth-order valence-corrected chi connectivity index (χ4v) is 4.13. The Bertz CT molecular complexity index is 566. The molecule has 0 amide bonds. The van der Waals surface area contributed by atoms with Crippen LogP contribution in [-0.2, 0) is 10.0 Å². The second-order valence-electron chi connectivity index (χ2n) is 5.49. The van der Waals surface area contributed by atoms with Gasteiger partial charge in [-0.2, -0.15) is 4.31 Å². The lowest BCUT2D eigenvalue weighted by atomic mass is 10.1. The predicted molar refractivity (Wildman–Crippen MR) is 82.5 cm³/mol. The maximum Gasteiger partial charge on any atom is 0.243 e. The van der Waals surface area contributed by atoms with Gasteiger partial charge in [-0.05, 0) is 44.0 Å². The van der Waals surface area contributed by atoms with Crippen molar-refractivity contribution in [2.24, 2.45) is 0 Å². The molecule has 2 rings (SSSR count). The average Bonchev–Trinajstić information content (AvgIpc) is 2.48. The molecule has 0 bridgehead atoms. The normalized spacial score (nSPS) is 19.6. The van der Waals surface area contributed by atoms with Crippen molar-refractivity contribution in [3.8, 4) is 0 Å². The molecule has 118 valence electrons. The molecule has 1 aromatic rings. The van der Waals surface area contributed by atoms with Crippen molar-refractivity contribution >= 4 is 10.0 Å². The number of nitrogens with zero attached hydrogens (tertiary/aromatic N) is 1. The summed E-state index contributed by atoms with van der Waals surface area (Å²) in [6.07, 6.45) is 0.635. The molecule has 0 saturated carbocycles. The molecule has 0 spiro atoms. The van der Waals surface area contributed by atoms with Gasteiger partial charge in [-0.1, -0.05) is 19.1 Å². The zero-order valence-corrected chi connectivity index (χ0v) is 13.4. The van der Waals surface area contributed by atoms with E-state index in [1.807, 2.05) is 19.9 Å². The molecule has 1 aliphatic heterocycles. The maximum atomic E-state index is 12.7. The van der Waals surface area contributed by atoms with Crippen molar-refractivity contribution < 1.29 is 13.5 Å². The van der Waals surface area contributed by atoms with Gasteiger partial charge in [0.1, 0.15) is 0 Å². The van der Waals surface area contributed by atoms with E-state index in [1.165, 1.54) is 4.31 Å². The predicted octanol–water partition coefficient (Wildman–Crippen LogP) is 1.50. The summed E-state index contributed by atoms with van der Waals surface area (Å²) < 4.78 is 26.8. The highest BCUT2D eigenvalue weighted by atomic mass is 32.2. The minimum Gasteiger partial charge on any atom is -0.393 e. The van der Waals surface area contributed by atoms with E-state index in [4.69, 9.17) is 0 Å². The first kappa shape index (κ1) is 16.4. The van der Waals surface area contributed by atoms with Gasteiger partial charge in [-0.25, -0.2) is 8.42 Å². The number of hydrogen-bond donors (Lipinski definition) is 2. The number of rotatable bonds is 5.